The van der Waals surface area contributed by atoms with Crippen molar-refractivity contribution in [1.29, 1.82) is 0 Å². The molecule has 4 rings (SSSR count). The second kappa shape index (κ2) is 8.35. The van der Waals surface area contributed by atoms with Crippen LogP contribution in [-0.2, 0) is 0 Å². The molecule has 0 spiro atoms. The highest BCUT2D eigenvalue weighted by molar-refractivity contribution is 9.10. The van der Waals surface area contributed by atoms with Gasteiger partial charge in [0.15, 0.2) is 5.13 Å². The maximum atomic E-state index is 5.41. The Morgan fingerprint density at radius 1 is 1.15 bits per heavy atom. The Balaban J connectivity index is 0.00000210. The normalized spacial score (nSPS) is 10.4. The van der Waals surface area contributed by atoms with Gasteiger partial charge >= 0.3 is 0 Å². The third-order valence-electron chi connectivity index (χ3n) is 3.89. The summed E-state index contributed by atoms with van der Waals surface area (Å²) in [5.41, 5.74) is 4.08. The fourth-order valence-electron chi connectivity index (χ4n) is 2.60. The number of para-hydroxylation sites is 1. The van der Waals surface area contributed by atoms with Gasteiger partial charge in [0.2, 0.25) is 10.7 Å². The van der Waals surface area contributed by atoms with Crippen LogP contribution in [0.5, 0.6) is 0 Å². The zero-order valence-corrected chi connectivity index (χ0v) is 18.2. The zero-order chi connectivity index (χ0) is 18.1. The minimum absolute atomic E-state index is 0. The largest absolute Gasteiger partial charge is 0.300 e. The van der Waals surface area contributed by atoms with Gasteiger partial charge < -0.3 is 0 Å². The Bertz CT molecular complexity index is 1120. The van der Waals surface area contributed by atoms with Gasteiger partial charge in [0.1, 0.15) is 0 Å². The molecule has 2 aromatic heterocycles. The molecule has 0 radical (unpaired) electrons. The van der Waals surface area contributed by atoms with Crippen LogP contribution in [0.2, 0.25) is 0 Å². The van der Waals surface area contributed by atoms with Crippen LogP contribution in [0.15, 0.2) is 58.4 Å². The van der Waals surface area contributed by atoms with E-state index in [1.807, 2.05) is 65.4 Å². The van der Waals surface area contributed by atoms with Gasteiger partial charge in [-0.15, -0.1) is 28.8 Å². The molecule has 0 bridgehead atoms. The molecule has 0 amide bonds. The number of hydrogen-bond donors (Lipinski definition) is 2. The predicted molar refractivity (Wildman–Crippen MR) is 119 cm³/mol. The molecule has 0 aliphatic rings. The predicted octanol–water partition coefficient (Wildman–Crippen LogP) is 6.29. The molecule has 4 aromatic rings. The third kappa shape index (κ3) is 4.14. The van der Waals surface area contributed by atoms with Crippen molar-refractivity contribution in [1.82, 2.24) is 19.7 Å². The molecule has 0 atom stereocenters. The average molecular weight is 481 g/mol. The minimum Gasteiger partial charge on any atom is -0.300 e. The van der Waals surface area contributed by atoms with Gasteiger partial charge in [-0.05, 0) is 42.9 Å². The second-order valence-electron chi connectivity index (χ2n) is 5.64. The Labute approximate surface area is 180 Å². The molecule has 0 fully saturated rings. The monoisotopic (exact) mass is 479 g/mol. The van der Waals surface area contributed by atoms with Crippen LogP contribution < -0.4 is 5.32 Å². The van der Waals surface area contributed by atoms with Crippen LogP contribution in [0.4, 0.5) is 11.1 Å². The van der Waals surface area contributed by atoms with Crippen molar-refractivity contribution in [2.24, 2.45) is 0 Å². The summed E-state index contributed by atoms with van der Waals surface area (Å²) >= 11 is 10.4. The summed E-state index contributed by atoms with van der Waals surface area (Å²) in [7, 11) is 0. The molecule has 138 valence electrons. The molecule has 2 N–H and O–H groups in total. The summed E-state index contributed by atoms with van der Waals surface area (Å²) in [5, 5.41) is 13.2. The van der Waals surface area contributed by atoms with Gasteiger partial charge in [-0.1, -0.05) is 46.3 Å². The number of nitrogens with zero attached hydrogens (tertiary/aromatic N) is 3. The summed E-state index contributed by atoms with van der Waals surface area (Å²) < 4.78 is 3.46. The second-order valence-corrected chi connectivity index (χ2v) is 7.80. The number of benzene rings is 2. The molecule has 0 aliphatic carbocycles. The highest BCUT2D eigenvalue weighted by Crippen LogP contribution is 2.28. The first-order chi connectivity index (χ1) is 12.6. The first-order valence-corrected chi connectivity index (χ1v) is 9.92. The lowest BCUT2D eigenvalue weighted by Gasteiger charge is -2.09. The smallest absolute Gasteiger partial charge is 0.234 e. The van der Waals surface area contributed by atoms with Crippen molar-refractivity contribution >= 4 is 63.0 Å². The van der Waals surface area contributed by atoms with E-state index in [1.54, 1.807) is 0 Å². The van der Waals surface area contributed by atoms with Crippen LogP contribution in [0, 0.1) is 11.7 Å². The van der Waals surface area contributed by atoms with Crippen LogP contribution in [0.25, 0.3) is 16.9 Å². The summed E-state index contributed by atoms with van der Waals surface area (Å²) in [6.45, 7) is 2.04. The highest BCUT2D eigenvalue weighted by atomic mass is 79.9. The standard InChI is InChI=1S/C18H14BrN5S2.ClH/c1-11-4-2-3-5-15(11)24-16(22-23-18(24)25)21-17-20-14(10-26-17)12-6-8-13(19)9-7-12;/h2-10H,1H3,(H,23,25)(H,20,21,22);1H. The number of nitrogens with one attached hydrogen (secondary N) is 2. The summed E-state index contributed by atoms with van der Waals surface area (Å²) in [5.74, 6) is 0.612. The molecule has 0 unspecified atom stereocenters. The van der Waals surface area contributed by atoms with Crippen molar-refractivity contribution < 1.29 is 0 Å². The van der Waals surface area contributed by atoms with Gasteiger partial charge in [-0.3, -0.25) is 9.88 Å². The lowest BCUT2D eigenvalue weighted by molar-refractivity contribution is 1.02. The van der Waals surface area contributed by atoms with Gasteiger partial charge in [-0.25, -0.2) is 10.1 Å². The number of H-pyrrole nitrogens is 1. The van der Waals surface area contributed by atoms with E-state index in [0.717, 1.165) is 32.1 Å². The maximum absolute atomic E-state index is 5.41. The molecule has 9 heteroatoms. The number of aromatic amines is 1. The van der Waals surface area contributed by atoms with Gasteiger partial charge in [0.05, 0.1) is 11.4 Å². The van der Waals surface area contributed by atoms with Gasteiger partial charge in [-0.2, -0.15) is 0 Å². The van der Waals surface area contributed by atoms with Crippen molar-refractivity contribution in [2.45, 2.75) is 6.92 Å². The SMILES string of the molecule is Cc1ccccc1-n1c(Nc2nc(-c3ccc(Br)cc3)cs2)n[nH]c1=S.Cl. The number of anilines is 2. The lowest BCUT2D eigenvalue weighted by atomic mass is 10.2. The van der Waals surface area contributed by atoms with Gasteiger partial charge in [0, 0.05) is 15.4 Å². The van der Waals surface area contributed by atoms with Crippen LogP contribution in [0.3, 0.4) is 0 Å². The van der Waals surface area contributed by atoms with E-state index in [1.165, 1.54) is 11.3 Å². The average Bonchev–Trinajstić information content (AvgIpc) is 3.24. The van der Waals surface area contributed by atoms with Crippen molar-refractivity contribution in [3.05, 3.63) is 68.7 Å². The fourth-order valence-corrected chi connectivity index (χ4v) is 3.81. The van der Waals surface area contributed by atoms with E-state index in [4.69, 9.17) is 12.2 Å². The number of rotatable bonds is 4. The maximum Gasteiger partial charge on any atom is 0.234 e. The minimum atomic E-state index is 0. The Morgan fingerprint density at radius 3 is 2.63 bits per heavy atom. The highest BCUT2D eigenvalue weighted by Gasteiger charge is 2.12. The molecule has 2 aromatic carbocycles. The molecular formula is C18H15BrClN5S2. The number of halogens is 2. The first-order valence-electron chi connectivity index (χ1n) is 7.84. The Morgan fingerprint density at radius 2 is 1.89 bits per heavy atom. The van der Waals surface area contributed by atoms with E-state index in [9.17, 15) is 0 Å². The number of aryl methyl sites for hydroxylation is 1. The van der Waals surface area contributed by atoms with E-state index in [2.05, 4.69) is 36.4 Å². The molecule has 2 heterocycles. The Hall–Kier alpha value is -2.00. The summed E-state index contributed by atoms with van der Waals surface area (Å²) in [4.78, 5) is 4.66. The lowest BCUT2D eigenvalue weighted by Crippen LogP contribution is -2.03. The zero-order valence-electron chi connectivity index (χ0n) is 14.1. The summed E-state index contributed by atoms with van der Waals surface area (Å²) in [6.07, 6.45) is 0. The van der Waals surface area contributed by atoms with E-state index >= 15 is 0 Å². The first kappa shape index (κ1) is 19.8. The van der Waals surface area contributed by atoms with Crippen molar-refractivity contribution in [3.8, 4) is 16.9 Å². The Kier molecular flexibility index (Phi) is 6.11. The molecule has 27 heavy (non-hydrogen) atoms. The topological polar surface area (TPSA) is 58.5 Å². The van der Waals surface area contributed by atoms with Crippen molar-refractivity contribution in [3.63, 3.8) is 0 Å². The molecule has 5 nitrogen and oxygen atoms in total. The summed E-state index contributed by atoms with van der Waals surface area (Å²) in [6, 6.07) is 16.1. The quantitative estimate of drug-likeness (QED) is 0.337. The number of thiazole rings is 1. The van der Waals surface area contributed by atoms with Crippen LogP contribution in [0.1, 0.15) is 5.56 Å². The molecule has 0 aliphatic heterocycles. The number of aromatic nitrogens is 4. The molecular weight excluding hydrogens is 466 g/mol. The number of hydrogen-bond acceptors (Lipinski definition) is 5. The van der Waals surface area contributed by atoms with Crippen LogP contribution in [-0.4, -0.2) is 19.7 Å². The fraction of sp³-hybridized carbons (Fsp3) is 0.0556. The van der Waals surface area contributed by atoms with Crippen molar-refractivity contribution in [2.75, 3.05) is 5.32 Å². The third-order valence-corrected chi connectivity index (χ3v) is 5.45. The van der Waals surface area contributed by atoms with E-state index in [-0.39, 0.29) is 12.4 Å². The molecule has 0 saturated carbocycles. The van der Waals surface area contributed by atoms with Gasteiger partial charge in [0.25, 0.3) is 0 Å². The van der Waals surface area contributed by atoms with E-state index < -0.39 is 0 Å². The molecule has 0 saturated heterocycles. The van der Waals surface area contributed by atoms with Crippen LogP contribution >= 0.6 is 51.9 Å². The van der Waals surface area contributed by atoms with E-state index in [0.29, 0.717) is 10.7 Å².